The SMILES string of the molecule is C=C(c1ccc2c(c1)CCc1cc(C(=O)N(C)C)ccc1C2(CCNCC(=C)N1C(C#N)C[C@@H]2CC21)c1nnc(C)o1)N(C)C. The number of nitrogens with one attached hydrogen (secondary N) is 1. The van der Waals surface area contributed by atoms with E-state index < -0.39 is 5.41 Å². The standard InChI is InChI=1S/C36H43N7O2/c1-22(43-30(20-37)18-29-19-33(29)43)21-38-15-14-36(35-40-39-24(3)45-35)31-12-10-25(23(2)41(4)5)16-26(31)8-9-27-17-28(11-13-32(27)36)34(44)42(6)7/h10-13,16-17,29-30,33,38H,1-2,8-9,14-15,18-19,21H2,3-7H3/t29-,30?,33?,36?/m1/s1. The summed E-state index contributed by atoms with van der Waals surface area (Å²) in [5.41, 5.74) is 7.37. The topological polar surface area (TPSA) is 102 Å². The Morgan fingerprint density at radius 3 is 2.31 bits per heavy atom. The van der Waals surface area contributed by atoms with Gasteiger partial charge in [-0.25, -0.2) is 0 Å². The van der Waals surface area contributed by atoms with Crippen molar-refractivity contribution >= 4 is 11.6 Å². The smallest absolute Gasteiger partial charge is 0.253 e. The fraction of sp³-hybridized carbons (Fsp3) is 0.444. The zero-order valence-corrected chi connectivity index (χ0v) is 27.1. The third-order valence-corrected chi connectivity index (χ3v) is 9.84. The largest absolute Gasteiger partial charge is 0.424 e. The Kier molecular flexibility index (Phi) is 8.04. The van der Waals surface area contributed by atoms with Crippen LogP contribution in [0.4, 0.5) is 0 Å². The number of nitriles is 1. The van der Waals surface area contributed by atoms with Crippen LogP contribution < -0.4 is 5.32 Å². The number of hydrogen-bond acceptors (Lipinski definition) is 8. The summed E-state index contributed by atoms with van der Waals surface area (Å²) in [5, 5.41) is 22.3. The third-order valence-electron chi connectivity index (χ3n) is 9.84. The second kappa shape index (κ2) is 11.8. The summed E-state index contributed by atoms with van der Waals surface area (Å²) in [6.45, 7) is 11.7. The lowest BCUT2D eigenvalue weighted by molar-refractivity contribution is 0.0827. The maximum absolute atomic E-state index is 13.0. The van der Waals surface area contributed by atoms with Gasteiger partial charge in [0.1, 0.15) is 11.5 Å². The summed E-state index contributed by atoms with van der Waals surface area (Å²) in [4.78, 5) is 18.9. The van der Waals surface area contributed by atoms with E-state index in [1.54, 1.807) is 19.0 Å². The average molecular weight is 606 g/mol. The van der Waals surface area contributed by atoms with Gasteiger partial charge in [-0.1, -0.05) is 31.4 Å². The molecule has 2 aromatic carbocycles. The molecule has 1 aromatic heterocycles. The minimum absolute atomic E-state index is 0.0287. The first-order valence-electron chi connectivity index (χ1n) is 15.8. The molecule has 4 atom stereocenters. The van der Waals surface area contributed by atoms with E-state index in [0.717, 1.165) is 59.3 Å². The molecule has 6 rings (SSSR count). The quantitative estimate of drug-likeness (QED) is 0.337. The highest BCUT2D eigenvalue weighted by atomic mass is 16.4. The number of aryl methyl sites for hydroxylation is 3. The monoisotopic (exact) mass is 605 g/mol. The molecule has 234 valence electrons. The van der Waals surface area contributed by atoms with Crippen LogP contribution >= 0.6 is 0 Å². The molecule has 3 unspecified atom stereocenters. The Bertz CT molecular complexity index is 1630. The van der Waals surface area contributed by atoms with Gasteiger partial charge in [0.2, 0.25) is 11.8 Å². The summed E-state index contributed by atoms with van der Waals surface area (Å²) in [6.07, 6.45) is 4.30. The van der Waals surface area contributed by atoms with E-state index in [4.69, 9.17) is 4.42 Å². The number of nitrogens with zero attached hydrogens (tertiary/aromatic N) is 6. The van der Waals surface area contributed by atoms with Gasteiger partial charge in [-0.2, -0.15) is 5.26 Å². The first-order chi connectivity index (χ1) is 21.5. The van der Waals surface area contributed by atoms with Crippen LogP contribution in [0.5, 0.6) is 0 Å². The number of piperidine rings is 1. The van der Waals surface area contributed by atoms with Crippen LogP contribution in [0.3, 0.4) is 0 Å². The predicted molar refractivity (Wildman–Crippen MR) is 174 cm³/mol. The van der Waals surface area contributed by atoms with Gasteiger partial charge in [0.05, 0.1) is 6.07 Å². The number of amides is 1. The summed E-state index contributed by atoms with van der Waals surface area (Å²) in [5.74, 6) is 1.65. The molecule has 0 spiro atoms. The maximum Gasteiger partial charge on any atom is 0.253 e. The highest BCUT2D eigenvalue weighted by molar-refractivity contribution is 5.94. The molecule has 1 saturated heterocycles. The lowest BCUT2D eigenvalue weighted by Gasteiger charge is -2.34. The van der Waals surface area contributed by atoms with E-state index in [2.05, 4.69) is 63.9 Å². The van der Waals surface area contributed by atoms with Gasteiger partial charge in [-0.15, -0.1) is 10.2 Å². The molecule has 9 heteroatoms. The Labute approximate surface area is 266 Å². The number of carbonyl (C=O) groups excluding carboxylic acids is 1. The molecule has 3 aromatic rings. The van der Waals surface area contributed by atoms with Crippen molar-refractivity contribution in [1.82, 2.24) is 30.2 Å². The minimum Gasteiger partial charge on any atom is -0.424 e. The van der Waals surface area contributed by atoms with Crippen molar-refractivity contribution < 1.29 is 9.21 Å². The summed E-state index contributed by atoms with van der Waals surface area (Å²) in [7, 11) is 7.56. The fourth-order valence-corrected chi connectivity index (χ4v) is 7.38. The van der Waals surface area contributed by atoms with Crippen molar-refractivity contribution in [1.29, 1.82) is 5.26 Å². The second-order valence-corrected chi connectivity index (χ2v) is 13.2. The number of benzene rings is 2. The molecule has 1 amide bonds. The van der Waals surface area contributed by atoms with Crippen molar-refractivity contribution in [3.05, 3.63) is 100 Å². The zero-order valence-electron chi connectivity index (χ0n) is 27.1. The van der Waals surface area contributed by atoms with Crippen LogP contribution in [0, 0.1) is 24.2 Å². The number of carbonyl (C=O) groups is 1. The van der Waals surface area contributed by atoms with E-state index in [9.17, 15) is 10.1 Å². The molecule has 2 heterocycles. The molecule has 2 fully saturated rings. The molecule has 45 heavy (non-hydrogen) atoms. The van der Waals surface area contributed by atoms with Gasteiger partial charge in [0, 0.05) is 64.7 Å². The molecule has 0 bridgehead atoms. The number of hydrogen-bond donors (Lipinski definition) is 1. The van der Waals surface area contributed by atoms with E-state index in [-0.39, 0.29) is 11.9 Å². The molecular weight excluding hydrogens is 562 g/mol. The Balaban J connectivity index is 1.41. The van der Waals surface area contributed by atoms with Gasteiger partial charge in [-0.3, -0.25) is 4.79 Å². The van der Waals surface area contributed by atoms with E-state index >= 15 is 0 Å². The zero-order chi connectivity index (χ0) is 32.0. The maximum atomic E-state index is 13.0. The Morgan fingerprint density at radius 2 is 1.71 bits per heavy atom. The molecule has 1 saturated carbocycles. The molecule has 2 aliphatic carbocycles. The lowest BCUT2D eigenvalue weighted by Crippen LogP contribution is -2.38. The number of aromatic nitrogens is 2. The Hall–Kier alpha value is -4.42. The van der Waals surface area contributed by atoms with Gasteiger partial charge in [-0.05, 0) is 90.6 Å². The first kappa shape index (κ1) is 30.6. The summed E-state index contributed by atoms with van der Waals surface area (Å²) >= 11 is 0. The van der Waals surface area contributed by atoms with Crippen LogP contribution in [0.1, 0.15) is 69.2 Å². The normalized spacial score (nSPS) is 22.8. The molecule has 1 aliphatic heterocycles. The van der Waals surface area contributed by atoms with Crippen molar-refractivity contribution in [2.24, 2.45) is 5.92 Å². The van der Waals surface area contributed by atoms with Crippen molar-refractivity contribution in [3.8, 4) is 6.07 Å². The van der Waals surface area contributed by atoms with Crippen LogP contribution in [-0.4, -0.2) is 84.2 Å². The third kappa shape index (κ3) is 5.42. The van der Waals surface area contributed by atoms with Gasteiger partial charge < -0.3 is 24.4 Å². The average Bonchev–Trinajstić information content (AvgIpc) is 3.52. The fourth-order valence-electron chi connectivity index (χ4n) is 7.38. The summed E-state index contributed by atoms with van der Waals surface area (Å²) < 4.78 is 6.32. The molecule has 0 radical (unpaired) electrons. The predicted octanol–water partition coefficient (Wildman–Crippen LogP) is 4.52. The number of likely N-dealkylation sites (tertiary alicyclic amines) is 1. The van der Waals surface area contributed by atoms with Crippen LogP contribution in [0.15, 0.2) is 59.7 Å². The van der Waals surface area contributed by atoms with Crippen molar-refractivity contribution in [3.63, 3.8) is 0 Å². The van der Waals surface area contributed by atoms with E-state index in [1.807, 2.05) is 38.1 Å². The van der Waals surface area contributed by atoms with Crippen LogP contribution in [0.25, 0.3) is 5.70 Å². The minimum atomic E-state index is -0.751. The molecule has 9 nitrogen and oxygen atoms in total. The van der Waals surface area contributed by atoms with Crippen LogP contribution in [0.2, 0.25) is 0 Å². The van der Waals surface area contributed by atoms with Gasteiger partial charge in [0.25, 0.3) is 5.91 Å². The molecular formula is C36H43N7O2. The summed E-state index contributed by atoms with van der Waals surface area (Å²) in [6, 6.07) is 15.5. The molecule has 3 aliphatic rings. The Morgan fingerprint density at radius 1 is 1.04 bits per heavy atom. The molecule has 1 N–H and O–H groups in total. The van der Waals surface area contributed by atoms with Crippen molar-refractivity contribution in [2.45, 2.75) is 56.5 Å². The van der Waals surface area contributed by atoms with Gasteiger partial charge in [0.15, 0.2) is 0 Å². The number of fused-ring (bicyclic) bond motifs is 3. The lowest BCUT2D eigenvalue weighted by atomic mass is 9.69. The number of rotatable bonds is 10. The van der Waals surface area contributed by atoms with Crippen LogP contribution in [-0.2, 0) is 18.3 Å². The highest BCUT2D eigenvalue weighted by Crippen LogP contribution is 2.49. The van der Waals surface area contributed by atoms with Gasteiger partial charge >= 0.3 is 0 Å². The highest BCUT2D eigenvalue weighted by Gasteiger charge is 2.52. The first-order valence-corrected chi connectivity index (χ1v) is 15.8. The van der Waals surface area contributed by atoms with Crippen molar-refractivity contribution in [2.75, 3.05) is 41.3 Å². The second-order valence-electron chi connectivity index (χ2n) is 13.2. The van der Waals surface area contributed by atoms with E-state index in [0.29, 0.717) is 48.8 Å². The van der Waals surface area contributed by atoms with E-state index in [1.165, 1.54) is 5.56 Å².